The van der Waals surface area contributed by atoms with E-state index in [1.54, 1.807) is 0 Å². The molecule has 10 heteroatoms. The lowest BCUT2D eigenvalue weighted by molar-refractivity contribution is -0.157. The molecule has 1 aromatic rings. The van der Waals surface area contributed by atoms with Crippen LogP contribution in [0.1, 0.15) is 16.8 Å². The van der Waals surface area contributed by atoms with Gasteiger partial charge in [-0.05, 0) is 28.1 Å². The predicted molar refractivity (Wildman–Crippen MR) is 69.8 cm³/mol. The van der Waals surface area contributed by atoms with Gasteiger partial charge in [-0.2, -0.15) is 13.2 Å². The first-order valence-corrected chi connectivity index (χ1v) is 6.66. The number of carbonyl (C=O) groups is 2. The van der Waals surface area contributed by atoms with Crippen molar-refractivity contribution < 1.29 is 37.3 Å². The minimum absolute atomic E-state index is 0.0508. The first kappa shape index (κ1) is 16.4. The molecule has 0 saturated heterocycles. The van der Waals surface area contributed by atoms with Gasteiger partial charge in [0.25, 0.3) is 5.91 Å². The lowest BCUT2D eigenvalue weighted by atomic mass is 10.1. The molecule has 1 unspecified atom stereocenters. The number of nitrogens with one attached hydrogen (secondary N) is 1. The highest BCUT2D eigenvalue weighted by Crippen LogP contribution is 2.40. The molecule has 6 nitrogen and oxygen atoms in total. The third kappa shape index (κ3) is 3.81. The zero-order valence-corrected chi connectivity index (χ0v) is 12.3. The number of benzene rings is 1. The third-order valence-electron chi connectivity index (χ3n) is 2.73. The van der Waals surface area contributed by atoms with E-state index in [0.29, 0.717) is 10.2 Å². The van der Waals surface area contributed by atoms with Crippen LogP contribution in [0.15, 0.2) is 16.6 Å². The molecule has 0 saturated carbocycles. The molecule has 2 N–H and O–H groups in total. The molecule has 1 aliphatic rings. The number of carboxylic acids is 1. The van der Waals surface area contributed by atoms with Gasteiger partial charge in [0.15, 0.2) is 11.5 Å². The highest BCUT2D eigenvalue weighted by Gasteiger charge is 2.36. The van der Waals surface area contributed by atoms with Crippen molar-refractivity contribution in [2.45, 2.75) is 18.6 Å². The Hall–Kier alpha value is -1.97. The first-order chi connectivity index (χ1) is 10.2. The molecule has 0 spiro atoms. The van der Waals surface area contributed by atoms with E-state index in [9.17, 15) is 22.8 Å². The summed E-state index contributed by atoms with van der Waals surface area (Å²) >= 11 is 3.13. The van der Waals surface area contributed by atoms with E-state index in [1.165, 1.54) is 12.1 Å². The van der Waals surface area contributed by atoms with Gasteiger partial charge < -0.3 is 19.9 Å². The highest BCUT2D eigenvalue weighted by atomic mass is 79.9. The molecule has 1 heterocycles. The van der Waals surface area contributed by atoms with E-state index in [0.717, 1.165) is 0 Å². The lowest BCUT2D eigenvalue weighted by Gasteiger charge is -2.16. The predicted octanol–water partition coefficient (Wildman–Crippen LogP) is 2.31. The van der Waals surface area contributed by atoms with Crippen LogP contribution in [0.5, 0.6) is 11.5 Å². The van der Waals surface area contributed by atoms with Crippen molar-refractivity contribution in [3.05, 3.63) is 22.2 Å². The molecule has 0 aromatic heterocycles. The van der Waals surface area contributed by atoms with Crippen LogP contribution in [0.4, 0.5) is 13.2 Å². The average Bonchev–Trinajstić information content (AvgIpc) is 2.84. The number of fused-ring (bicyclic) bond motifs is 1. The molecule has 0 bridgehead atoms. The molecule has 1 amide bonds. The van der Waals surface area contributed by atoms with E-state index in [4.69, 9.17) is 14.6 Å². The highest BCUT2D eigenvalue weighted by molar-refractivity contribution is 9.10. The molecule has 0 fully saturated rings. The van der Waals surface area contributed by atoms with Crippen LogP contribution in [0, 0.1) is 0 Å². The zero-order valence-electron chi connectivity index (χ0n) is 10.7. The van der Waals surface area contributed by atoms with Crippen LogP contribution in [0.2, 0.25) is 0 Å². The van der Waals surface area contributed by atoms with Gasteiger partial charge in [0.1, 0.15) is 6.04 Å². The van der Waals surface area contributed by atoms with Crippen molar-refractivity contribution in [3.8, 4) is 11.5 Å². The van der Waals surface area contributed by atoms with Crippen LogP contribution in [0.25, 0.3) is 0 Å². The summed E-state index contributed by atoms with van der Waals surface area (Å²) in [5.74, 6) is -2.13. The van der Waals surface area contributed by atoms with Crippen molar-refractivity contribution in [1.82, 2.24) is 5.32 Å². The fraction of sp³-hybridized carbons (Fsp3) is 0.333. The van der Waals surface area contributed by atoms with Gasteiger partial charge in [-0.15, -0.1) is 0 Å². The number of rotatable bonds is 4. The fourth-order valence-corrected chi connectivity index (χ4v) is 2.33. The third-order valence-corrected chi connectivity index (χ3v) is 3.32. The van der Waals surface area contributed by atoms with Crippen LogP contribution < -0.4 is 14.8 Å². The van der Waals surface area contributed by atoms with Crippen molar-refractivity contribution in [3.63, 3.8) is 0 Å². The molecular formula is C12H9BrF3NO5. The molecule has 22 heavy (non-hydrogen) atoms. The van der Waals surface area contributed by atoms with Crippen LogP contribution >= 0.6 is 15.9 Å². The van der Waals surface area contributed by atoms with Gasteiger partial charge in [0.05, 0.1) is 10.9 Å². The summed E-state index contributed by atoms with van der Waals surface area (Å²) in [5.41, 5.74) is -0.0513. The van der Waals surface area contributed by atoms with Gasteiger partial charge in [0.2, 0.25) is 6.79 Å². The SMILES string of the molecule is O=C(NC(CC(F)(F)F)C(=O)O)c1cc(Br)c2c(c1)OCO2. The zero-order chi connectivity index (χ0) is 16.5. The van der Waals surface area contributed by atoms with Crippen LogP contribution in [0.3, 0.4) is 0 Å². The number of aliphatic carboxylic acids is 1. The Kier molecular flexibility index (Phi) is 4.50. The Morgan fingerprint density at radius 1 is 1.36 bits per heavy atom. The lowest BCUT2D eigenvalue weighted by Crippen LogP contribution is -2.43. The molecule has 0 radical (unpaired) electrons. The summed E-state index contributed by atoms with van der Waals surface area (Å²) in [7, 11) is 0. The van der Waals surface area contributed by atoms with Gasteiger partial charge in [0, 0.05) is 5.56 Å². The molecule has 1 atom stereocenters. The van der Waals surface area contributed by atoms with Crippen molar-refractivity contribution in [1.29, 1.82) is 0 Å². The van der Waals surface area contributed by atoms with E-state index in [1.807, 2.05) is 5.32 Å². The number of carboxylic acid groups (broad SMARTS) is 1. The molecule has 2 rings (SSSR count). The number of hydrogen-bond donors (Lipinski definition) is 2. The van der Waals surface area contributed by atoms with E-state index >= 15 is 0 Å². The Labute approximate surface area is 130 Å². The van der Waals surface area contributed by atoms with Gasteiger partial charge >= 0.3 is 12.1 Å². The number of halogens is 4. The standard InChI is InChI=1S/C12H9BrF3NO5/c13-6-1-5(2-8-9(6)22-4-21-8)10(18)17-7(11(19)20)3-12(14,15)16/h1-2,7H,3-4H2,(H,17,18)(H,19,20). The van der Waals surface area contributed by atoms with Crippen LogP contribution in [-0.4, -0.2) is 36.0 Å². The number of carbonyl (C=O) groups excluding carboxylic acids is 1. The largest absolute Gasteiger partial charge is 0.480 e. The monoisotopic (exact) mass is 383 g/mol. The Balaban J connectivity index is 2.17. The quantitative estimate of drug-likeness (QED) is 0.833. The maximum atomic E-state index is 12.3. The van der Waals surface area contributed by atoms with Gasteiger partial charge in [-0.25, -0.2) is 4.79 Å². The maximum Gasteiger partial charge on any atom is 0.391 e. The topological polar surface area (TPSA) is 84.9 Å². The maximum absolute atomic E-state index is 12.3. The van der Waals surface area contributed by atoms with Gasteiger partial charge in [-0.1, -0.05) is 0 Å². The Morgan fingerprint density at radius 2 is 2.05 bits per heavy atom. The summed E-state index contributed by atoms with van der Waals surface area (Å²) in [4.78, 5) is 22.8. The number of amides is 1. The number of hydrogen-bond acceptors (Lipinski definition) is 4. The van der Waals surface area contributed by atoms with E-state index < -0.39 is 30.5 Å². The minimum atomic E-state index is -4.72. The second kappa shape index (κ2) is 6.03. The molecule has 1 aromatic carbocycles. The summed E-state index contributed by atoms with van der Waals surface area (Å²) in [6.45, 7) is -0.0508. The summed E-state index contributed by atoms with van der Waals surface area (Å²) in [5, 5.41) is 10.6. The summed E-state index contributed by atoms with van der Waals surface area (Å²) in [6.07, 6.45) is -6.38. The molecular weight excluding hydrogens is 375 g/mol. The molecule has 0 aliphatic carbocycles. The van der Waals surface area contributed by atoms with Gasteiger partial charge in [-0.3, -0.25) is 4.79 Å². The second-order valence-electron chi connectivity index (χ2n) is 4.38. The number of alkyl halides is 3. The number of ether oxygens (including phenoxy) is 2. The Bertz CT molecular complexity index is 620. The van der Waals surface area contributed by atoms with E-state index in [2.05, 4.69) is 15.9 Å². The van der Waals surface area contributed by atoms with Crippen molar-refractivity contribution in [2.24, 2.45) is 0 Å². The normalized spacial score (nSPS) is 14.5. The smallest absolute Gasteiger partial charge is 0.391 e. The molecule has 1 aliphatic heterocycles. The second-order valence-corrected chi connectivity index (χ2v) is 5.23. The van der Waals surface area contributed by atoms with E-state index in [-0.39, 0.29) is 18.1 Å². The fourth-order valence-electron chi connectivity index (χ4n) is 1.77. The summed E-state index contributed by atoms with van der Waals surface area (Å²) in [6, 6.07) is 0.487. The van der Waals surface area contributed by atoms with Crippen molar-refractivity contribution in [2.75, 3.05) is 6.79 Å². The minimum Gasteiger partial charge on any atom is -0.480 e. The Morgan fingerprint density at radius 3 is 2.64 bits per heavy atom. The summed E-state index contributed by atoms with van der Waals surface area (Å²) < 4.78 is 47.5. The van der Waals surface area contributed by atoms with Crippen molar-refractivity contribution >= 4 is 27.8 Å². The average molecular weight is 384 g/mol. The first-order valence-electron chi connectivity index (χ1n) is 5.87. The van der Waals surface area contributed by atoms with Crippen LogP contribution in [-0.2, 0) is 4.79 Å². The molecule has 120 valence electrons.